The number of carbonyl (C=O) groups is 1. The Hall–Kier alpha value is -0.300. The van der Waals surface area contributed by atoms with Gasteiger partial charge >= 0.3 is 5.97 Å². The van der Waals surface area contributed by atoms with Crippen LogP contribution >= 0.6 is 38.5 Å². The molecule has 0 radical (unpaired) electrons. The summed E-state index contributed by atoms with van der Waals surface area (Å²) < 4.78 is 6.57. The first kappa shape index (κ1) is 11.8. The summed E-state index contributed by atoms with van der Waals surface area (Å²) in [4.78, 5) is 11.4. The summed E-state index contributed by atoms with van der Waals surface area (Å²) in [7, 11) is 0. The maximum atomic E-state index is 11.4. The number of benzene rings is 1. The van der Waals surface area contributed by atoms with Crippen molar-refractivity contribution >= 4 is 50.2 Å². The largest absolute Gasteiger partial charge is 0.462 e. The van der Waals surface area contributed by atoms with Crippen molar-refractivity contribution in [3.8, 4) is 0 Å². The molecule has 1 aromatic carbocycles. The molecule has 0 saturated carbocycles. The van der Waals surface area contributed by atoms with Gasteiger partial charge in [0.25, 0.3) is 0 Å². The standard InChI is InChI=1S/C9H9BrINO2/c1-2-14-9(13)5-3-6(10)8(11)7(12)4-5/h3-4H,2,12H2,1H3. The lowest BCUT2D eigenvalue weighted by Crippen LogP contribution is -2.06. The maximum Gasteiger partial charge on any atom is 0.338 e. The van der Waals surface area contributed by atoms with Gasteiger partial charge in [-0.2, -0.15) is 0 Å². The molecule has 0 bridgehead atoms. The van der Waals surface area contributed by atoms with E-state index in [0.29, 0.717) is 17.9 Å². The molecule has 0 amide bonds. The fourth-order valence-electron chi connectivity index (χ4n) is 0.943. The molecule has 5 heteroatoms. The summed E-state index contributed by atoms with van der Waals surface area (Å²) in [5.74, 6) is -0.351. The smallest absolute Gasteiger partial charge is 0.338 e. The van der Waals surface area contributed by atoms with Crippen LogP contribution in [-0.4, -0.2) is 12.6 Å². The Kier molecular flexibility index (Phi) is 4.18. The summed E-state index contributed by atoms with van der Waals surface area (Å²) >= 11 is 5.43. The van der Waals surface area contributed by atoms with Gasteiger partial charge in [0.2, 0.25) is 0 Å². The van der Waals surface area contributed by atoms with Crippen LogP contribution in [0, 0.1) is 3.57 Å². The van der Waals surface area contributed by atoms with Crippen LogP contribution in [-0.2, 0) is 4.74 Å². The van der Waals surface area contributed by atoms with Crippen LogP contribution in [0.25, 0.3) is 0 Å². The lowest BCUT2D eigenvalue weighted by atomic mass is 10.2. The van der Waals surface area contributed by atoms with E-state index in [0.717, 1.165) is 8.04 Å². The number of rotatable bonds is 2. The van der Waals surface area contributed by atoms with Gasteiger partial charge in [-0.05, 0) is 57.6 Å². The predicted octanol–water partition coefficient (Wildman–Crippen LogP) is 2.81. The van der Waals surface area contributed by atoms with Crippen molar-refractivity contribution in [2.45, 2.75) is 6.92 Å². The second-order valence-corrected chi connectivity index (χ2v) is 4.51. The van der Waals surface area contributed by atoms with Crippen molar-refractivity contribution < 1.29 is 9.53 Å². The first-order valence-corrected chi connectivity index (χ1v) is 5.85. The van der Waals surface area contributed by atoms with Crippen LogP contribution in [0.5, 0.6) is 0 Å². The van der Waals surface area contributed by atoms with Crippen molar-refractivity contribution in [1.82, 2.24) is 0 Å². The third-order valence-electron chi connectivity index (χ3n) is 1.57. The van der Waals surface area contributed by atoms with Crippen LogP contribution < -0.4 is 5.73 Å². The lowest BCUT2D eigenvalue weighted by molar-refractivity contribution is 0.0526. The lowest BCUT2D eigenvalue weighted by Gasteiger charge is -2.05. The third kappa shape index (κ3) is 2.60. The van der Waals surface area contributed by atoms with E-state index in [4.69, 9.17) is 10.5 Å². The summed E-state index contributed by atoms with van der Waals surface area (Å²) in [5.41, 5.74) is 6.75. The van der Waals surface area contributed by atoms with E-state index in [1.54, 1.807) is 19.1 Å². The summed E-state index contributed by atoms with van der Waals surface area (Å²) in [6.07, 6.45) is 0. The normalized spacial score (nSPS) is 9.93. The Labute approximate surface area is 104 Å². The van der Waals surface area contributed by atoms with Gasteiger partial charge in [0.05, 0.1) is 15.7 Å². The number of anilines is 1. The van der Waals surface area contributed by atoms with Crippen LogP contribution in [0.15, 0.2) is 16.6 Å². The van der Waals surface area contributed by atoms with Gasteiger partial charge < -0.3 is 10.5 Å². The van der Waals surface area contributed by atoms with Gasteiger partial charge in [-0.15, -0.1) is 0 Å². The first-order chi connectivity index (χ1) is 6.56. The van der Waals surface area contributed by atoms with Gasteiger partial charge in [0.1, 0.15) is 0 Å². The number of hydrogen-bond acceptors (Lipinski definition) is 3. The quantitative estimate of drug-likeness (QED) is 0.495. The molecule has 0 aliphatic rings. The molecular weight excluding hydrogens is 361 g/mol. The fraction of sp³-hybridized carbons (Fsp3) is 0.222. The number of hydrogen-bond donors (Lipinski definition) is 1. The molecule has 2 N–H and O–H groups in total. The zero-order chi connectivity index (χ0) is 10.7. The first-order valence-electron chi connectivity index (χ1n) is 3.98. The number of carbonyl (C=O) groups excluding carboxylic acids is 1. The molecule has 0 saturated heterocycles. The molecule has 0 atom stereocenters. The van der Waals surface area contributed by atoms with Gasteiger partial charge in [0, 0.05) is 10.2 Å². The van der Waals surface area contributed by atoms with Gasteiger partial charge in [-0.3, -0.25) is 0 Å². The van der Waals surface area contributed by atoms with E-state index in [-0.39, 0.29) is 5.97 Å². The molecule has 0 aliphatic heterocycles. The van der Waals surface area contributed by atoms with E-state index in [1.807, 2.05) is 0 Å². The highest BCUT2D eigenvalue weighted by Crippen LogP contribution is 2.26. The summed E-state index contributed by atoms with van der Waals surface area (Å²) in [6.45, 7) is 2.13. The van der Waals surface area contributed by atoms with Crippen molar-refractivity contribution in [3.63, 3.8) is 0 Å². The second kappa shape index (κ2) is 4.97. The number of nitrogens with two attached hydrogens (primary N) is 1. The molecule has 3 nitrogen and oxygen atoms in total. The molecule has 1 rings (SSSR count). The van der Waals surface area contributed by atoms with Crippen LogP contribution in [0.2, 0.25) is 0 Å². The van der Waals surface area contributed by atoms with E-state index < -0.39 is 0 Å². The van der Waals surface area contributed by atoms with Crippen molar-refractivity contribution in [2.24, 2.45) is 0 Å². The molecule has 14 heavy (non-hydrogen) atoms. The van der Waals surface area contributed by atoms with Gasteiger partial charge in [0.15, 0.2) is 0 Å². The minimum atomic E-state index is -0.351. The Bertz CT molecular complexity index is 345. The van der Waals surface area contributed by atoms with Crippen molar-refractivity contribution in [3.05, 3.63) is 25.7 Å². The number of nitrogen functional groups attached to an aromatic ring is 1. The minimum Gasteiger partial charge on any atom is -0.462 e. The van der Waals surface area contributed by atoms with Crippen LogP contribution in [0.3, 0.4) is 0 Å². The highest BCUT2D eigenvalue weighted by molar-refractivity contribution is 14.1. The van der Waals surface area contributed by atoms with Gasteiger partial charge in [-0.25, -0.2) is 4.79 Å². The van der Waals surface area contributed by atoms with E-state index in [1.165, 1.54) is 0 Å². The van der Waals surface area contributed by atoms with Crippen LogP contribution in [0.1, 0.15) is 17.3 Å². The molecule has 0 fully saturated rings. The van der Waals surface area contributed by atoms with E-state index in [9.17, 15) is 4.79 Å². The zero-order valence-corrected chi connectivity index (χ0v) is 11.3. The van der Waals surface area contributed by atoms with Crippen LogP contribution in [0.4, 0.5) is 5.69 Å². The third-order valence-corrected chi connectivity index (χ3v) is 4.14. The average Bonchev–Trinajstić information content (AvgIpc) is 2.13. The Morgan fingerprint density at radius 3 is 2.79 bits per heavy atom. The van der Waals surface area contributed by atoms with Crippen molar-refractivity contribution in [2.75, 3.05) is 12.3 Å². The monoisotopic (exact) mass is 369 g/mol. The maximum absolute atomic E-state index is 11.4. The predicted molar refractivity (Wildman–Crippen MR) is 67.2 cm³/mol. The molecule has 1 aromatic rings. The molecular formula is C9H9BrINO2. The summed E-state index contributed by atoms with van der Waals surface area (Å²) in [5, 5.41) is 0. The molecule has 0 unspecified atom stereocenters. The van der Waals surface area contributed by atoms with E-state index >= 15 is 0 Å². The number of ether oxygens (including phenoxy) is 1. The molecule has 76 valence electrons. The Morgan fingerprint density at radius 2 is 2.29 bits per heavy atom. The number of esters is 1. The molecule has 0 aromatic heterocycles. The second-order valence-electron chi connectivity index (χ2n) is 2.58. The van der Waals surface area contributed by atoms with Gasteiger partial charge in [-0.1, -0.05) is 0 Å². The fourth-order valence-corrected chi connectivity index (χ4v) is 1.73. The molecule has 0 spiro atoms. The van der Waals surface area contributed by atoms with E-state index in [2.05, 4.69) is 38.5 Å². The molecule has 0 aliphatic carbocycles. The SMILES string of the molecule is CCOC(=O)c1cc(N)c(I)c(Br)c1. The van der Waals surface area contributed by atoms with Crippen molar-refractivity contribution in [1.29, 1.82) is 0 Å². The Balaban J connectivity index is 3.06. The summed E-state index contributed by atoms with van der Waals surface area (Å²) in [6, 6.07) is 3.32. The topological polar surface area (TPSA) is 52.3 Å². The Morgan fingerprint density at radius 1 is 1.64 bits per heavy atom. The zero-order valence-electron chi connectivity index (χ0n) is 7.51. The average molecular weight is 370 g/mol. The minimum absolute atomic E-state index is 0.351. The number of halogens is 2. The highest BCUT2D eigenvalue weighted by Gasteiger charge is 2.10. The molecule has 0 heterocycles. The highest BCUT2D eigenvalue weighted by atomic mass is 127.